The van der Waals surface area contributed by atoms with E-state index in [0.29, 0.717) is 17.6 Å². The van der Waals surface area contributed by atoms with Crippen LogP contribution in [-0.4, -0.2) is 44.3 Å². The molecule has 0 aliphatic rings. The van der Waals surface area contributed by atoms with Gasteiger partial charge >= 0.3 is 5.97 Å². The van der Waals surface area contributed by atoms with Crippen molar-refractivity contribution in [3.8, 4) is 5.75 Å². The maximum absolute atomic E-state index is 12.2. The van der Waals surface area contributed by atoms with Gasteiger partial charge in [-0.1, -0.05) is 87.9 Å². The van der Waals surface area contributed by atoms with E-state index in [0.717, 1.165) is 18.7 Å². The normalized spacial score (nSPS) is 11.3. The smallest absolute Gasteiger partial charge is 0.361 e. The van der Waals surface area contributed by atoms with Gasteiger partial charge < -0.3 is 14.0 Å². The summed E-state index contributed by atoms with van der Waals surface area (Å²) in [7, 11) is 4.08. The van der Waals surface area contributed by atoms with Crippen molar-refractivity contribution in [2.24, 2.45) is 0 Å². The largest absolute Gasteiger partial charge is 0.490 e. The monoisotopic (exact) mass is 440 g/mol. The van der Waals surface area contributed by atoms with Crippen LogP contribution in [0.4, 0.5) is 0 Å². The van der Waals surface area contributed by atoms with E-state index in [1.165, 1.54) is 56.1 Å². The van der Waals surface area contributed by atoms with Crippen molar-refractivity contribution < 1.29 is 18.8 Å². The highest BCUT2D eigenvalue weighted by Gasteiger charge is 2.21. The Hall–Kier alpha value is -2.33. The summed E-state index contributed by atoms with van der Waals surface area (Å²) in [5.41, 5.74) is 2.57. The van der Waals surface area contributed by atoms with Gasteiger partial charge in [-0.05, 0) is 30.5 Å². The molecule has 0 spiro atoms. The number of carbonyl (C=O) groups is 1. The minimum absolute atomic E-state index is 0.195. The van der Waals surface area contributed by atoms with E-state index in [4.69, 9.17) is 9.47 Å². The molecule has 0 N–H and O–H groups in total. The highest BCUT2D eigenvalue weighted by atomic mass is 16.6. The lowest BCUT2D eigenvalue weighted by molar-refractivity contribution is -0.896. The predicted molar refractivity (Wildman–Crippen MR) is 132 cm³/mol. The van der Waals surface area contributed by atoms with Crippen LogP contribution in [0.3, 0.4) is 0 Å². The predicted octanol–water partition coefficient (Wildman–Crippen LogP) is 6.18. The van der Waals surface area contributed by atoms with Gasteiger partial charge in [0.1, 0.15) is 25.5 Å². The summed E-state index contributed by atoms with van der Waals surface area (Å²) in [5.74, 6) is 0.629. The van der Waals surface area contributed by atoms with Crippen molar-refractivity contribution in [2.75, 3.05) is 33.9 Å². The maximum Gasteiger partial charge on any atom is 0.361 e. The second-order valence-electron chi connectivity index (χ2n) is 9.32. The van der Waals surface area contributed by atoms with Gasteiger partial charge in [-0.3, -0.25) is 0 Å². The molecule has 0 heterocycles. The second-order valence-corrected chi connectivity index (χ2v) is 9.32. The molecule has 0 fully saturated rings. The first-order valence-corrected chi connectivity index (χ1v) is 12.2. The second kappa shape index (κ2) is 14.7. The lowest BCUT2D eigenvalue weighted by Crippen LogP contribution is -2.43. The molecule has 32 heavy (non-hydrogen) atoms. The van der Waals surface area contributed by atoms with Crippen LogP contribution >= 0.6 is 0 Å². The fourth-order valence-electron chi connectivity index (χ4n) is 3.88. The highest BCUT2D eigenvalue weighted by Crippen LogP contribution is 2.15. The quantitative estimate of drug-likeness (QED) is 0.178. The van der Waals surface area contributed by atoms with E-state index >= 15 is 0 Å². The van der Waals surface area contributed by atoms with Crippen LogP contribution in [0.15, 0.2) is 54.6 Å². The third kappa shape index (κ3) is 11.3. The Balaban J connectivity index is 1.57. The summed E-state index contributed by atoms with van der Waals surface area (Å²) in [4.78, 5) is 12.2. The molecule has 2 aromatic carbocycles. The molecule has 0 saturated heterocycles. The Labute approximate surface area is 195 Å². The number of rotatable bonds is 16. The van der Waals surface area contributed by atoms with Gasteiger partial charge in [-0.15, -0.1) is 0 Å². The highest BCUT2D eigenvalue weighted by molar-refractivity contribution is 5.70. The molecule has 0 aliphatic heterocycles. The number of benzene rings is 2. The number of quaternary nitrogens is 1. The zero-order chi connectivity index (χ0) is 23.1. The number of hydrogen-bond donors (Lipinski definition) is 0. The minimum atomic E-state index is -0.195. The molecule has 4 nitrogen and oxygen atoms in total. The van der Waals surface area contributed by atoms with Crippen molar-refractivity contribution >= 4 is 5.97 Å². The Morgan fingerprint density at radius 1 is 0.781 bits per heavy atom. The summed E-state index contributed by atoms with van der Waals surface area (Å²) in [5, 5.41) is 0. The number of ether oxygens (including phenoxy) is 2. The number of hydrogen-bond acceptors (Lipinski definition) is 3. The van der Waals surface area contributed by atoms with E-state index in [1.54, 1.807) is 0 Å². The molecular weight excluding hydrogens is 398 g/mol. The van der Waals surface area contributed by atoms with E-state index < -0.39 is 0 Å². The molecule has 2 aromatic rings. The number of nitrogens with zero attached hydrogens (tertiary/aromatic N) is 1. The van der Waals surface area contributed by atoms with Gasteiger partial charge in [0, 0.05) is 5.56 Å². The van der Waals surface area contributed by atoms with Gasteiger partial charge in [0.2, 0.25) is 0 Å². The zero-order valence-electron chi connectivity index (χ0n) is 20.4. The Kier molecular flexibility index (Phi) is 11.9. The molecule has 0 unspecified atom stereocenters. The molecule has 0 aliphatic carbocycles. The van der Waals surface area contributed by atoms with Crippen molar-refractivity contribution in [1.29, 1.82) is 0 Å². The molecule has 0 atom stereocenters. The van der Waals surface area contributed by atoms with Crippen LogP contribution in [0.5, 0.6) is 5.75 Å². The number of carbonyl (C=O) groups excluding carboxylic acids is 1. The third-order valence-electron chi connectivity index (χ3n) is 5.62. The first kappa shape index (κ1) is 25.9. The van der Waals surface area contributed by atoms with E-state index in [-0.39, 0.29) is 12.6 Å². The van der Waals surface area contributed by atoms with Gasteiger partial charge in [0.25, 0.3) is 0 Å². The Morgan fingerprint density at radius 2 is 1.44 bits per heavy atom. The molecule has 4 heteroatoms. The summed E-state index contributed by atoms with van der Waals surface area (Å²) >= 11 is 0. The van der Waals surface area contributed by atoms with Crippen LogP contribution in [0.2, 0.25) is 0 Å². The van der Waals surface area contributed by atoms with Crippen molar-refractivity contribution in [1.82, 2.24) is 0 Å². The molecule has 0 amide bonds. The lowest BCUT2D eigenvalue weighted by Gasteiger charge is -2.28. The molecule has 2 rings (SSSR count). The van der Waals surface area contributed by atoms with Crippen molar-refractivity contribution in [3.63, 3.8) is 0 Å². The number of aryl methyl sites for hydroxylation is 1. The summed E-state index contributed by atoms with van der Waals surface area (Å²) < 4.78 is 11.7. The summed E-state index contributed by atoms with van der Waals surface area (Å²) in [6.45, 7) is 4.02. The molecule has 176 valence electrons. The van der Waals surface area contributed by atoms with E-state index in [1.807, 2.05) is 44.4 Å². The number of unbranched alkanes of at least 4 members (excludes halogenated alkanes) is 6. The third-order valence-corrected chi connectivity index (χ3v) is 5.62. The Bertz CT molecular complexity index is 756. The SMILES string of the molecule is CCCCCCCCCc1ccc(OCCOC(=O)C[N+](C)(C)Cc2ccccc2)cc1. The average molecular weight is 441 g/mol. The maximum atomic E-state index is 12.2. The minimum Gasteiger partial charge on any atom is -0.490 e. The van der Waals surface area contributed by atoms with Gasteiger partial charge in [-0.2, -0.15) is 0 Å². The molecule has 0 radical (unpaired) electrons. The Morgan fingerprint density at radius 3 is 2.12 bits per heavy atom. The van der Waals surface area contributed by atoms with Gasteiger partial charge in [0.05, 0.1) is 14.1 Å². The van der Waals surface area contributed by atoms with Gasteiger partial charge in [-0.25, -0.2) is 4.79 Å². The molecule has 0 bridgehead atoms. The zero-order valence-corrected chi connectivity index (χ0v) is 20.4. The number of esters is 1. The first-order valence-electron chi connectivity index (χ1n) is 12.2. The topological polar surface area (TPSA) is 35.5 Å². The van der Waals surface area contributed by atoms with Crippen LogP contribution in [-0.2, 0) is 22.5 Å². The van der Waals surface area contributed by atoms with Crippen LogP contribution < -0.4 is 4.74 Å². The molecule has 0 aromatic heterocycles. The fourth-order valence-corrected chi connectivity index (χ4v) is 3.88. The number of likely N-dealkylation sites (N-methyl/N-ethyl adjacent to an activating group) is 1. The van der Waals surface area contributed by atoms with E-state index in [9.17, 15) is 4.79 Å². The van der Waals surface area contributed by atoms with Crippen LogP contribution in [0.25, 0.3) is 0 Å². The summed E-state index contributed by atoms with van der Waals surface area (Å²) in [6, 6.07) is 18.5. The lowest BCUT2D eigenvalue weighted by atomic mass is 10.0. The molecular formula is C28H42NO3+. The van der Waals surface area contributed by atoms with E-state index in [2.05, 4.69) is 31.2 Å². The fraction of sp³-hybridized carbons (Fsp3) is 0.536. The first-order chi connectivity index (χ1) is 15.5. The van der Waals surface area contributed by atoms with Gasteiger partial charge in [0.15, 0.2) is 6.54 Å². The van der Waals surface area contributed by atoms with Crippen LogP contribution in [0.1, 0.15) is 63.0 Å². The summed E-state index contributed by atoms with van der Waals surface area (Å²) in [6.07, 6.45) is 10.5. The van der Waals surface area contributed by atoms with Crippen molar-refractivity contribution in [2.45, 2.75) is 64.8 Å². The van der Waals surface area contributed by atoms with Crippen molar-refractivity contribution in [3.05, 3.63) is 65.7 Å². The molecule has 0 saturated carbocycles. The standard InChI is InChI=1S/C28H42NO3/c1-4-5-6-7-8-9-11-14-25-17-19-27(20-18-25)31-21-22-32-28(30)24-29(2,3)23-26-15-12-10-13-16-26/h10,12-13,15-20H,4-9,11,14,21-24H2,1-3H3/q+1. The average Bonchev–Trinajstić information content (AvgIpc) is 2.77. The van der Waals surface area contributed by atoms with Crippen LogP contribution in [0, 0.1) is 0 Å².